The summed E-state index contributed by atoms with van der Waals surface area (Å²) in [5.41, 5.74) is 0. The van der Waals surface area contributed by atoms with Gasteiger partial charge in [0.2, 0.25) is 9.23 Å². The minimum Gasteiger partial charge on any atom is -0.393 e. The maximum atomic E-state index is 9.20. The number of halogens is 3. The van der Waals surface area contributed by atoms with E-state index in [4.69, 9.17) is 15.8 Å². The Hall–Kier alpha value is 0.980. The summed E-state index contributed by atoms with van der Waals surface area (Å²) < 4.78 is 9.09. The molecule has 0 aromatic rings. The van der Waals surface area contributed by atoms with Crippen molar-refractivity contribution in [2.75, 3.05) is 0 Å². The molecule has 2 aliphatic rings. The molecule has 0 bridgehead atoms. The van der Waals surface area contributed by atoms with Gasteiger partial charge in [-0.3, -0.25) is 0 Å². The topological polar surface area (TPSA) is 37.3 Å². The molecule has 1 N–H and O–H groups in total. The van der Waals surface area contributed by atoms with Crippen molar-refractivity contribution in [3.63, 3.8) is 0 Å². The fraction of sp³-hybridized carbons (Fsp3) is 1.00. The Kier molecular flexibility index (Phi) is 16.8. The fourth-order valence-corrected chi connectivity index (χ4v) is 3.91. The Balaban J connectivity index is 0.000000363. The average molecular weight is 422 g/mol. The molecular formula is C18H35Cl3O2S. The van der Waals surface area contributed by atoms with E-state index < -0.39 is 9.23 Å². The average Bonchev–Trinajstić information content (AvgIpc) is 2.53. The number of hydrogen-bond acceptors (Lipinski definition) is 2. The molecule has 2 saturated carbocycles. The van der Waals surface area contributed by atoms with Gasteiger partial charge in [-0.05, 0) is 63.2 Å². The van der Waals surface area contributed by atoms with Gasteiger partial charge in [0, 0.05) is 26.7 Å². The molecule has 0 aromatic carbocycles. The van der Waals surface area contributed by atoms with Gasteiger partial charge in [0.1, 0.15) is 0 Å². The number of aliphatic hydroxyl groups is 1. The SMILES string of the molecule is CCCC1CCC(Cl)CC1.CCCC1CCC(O)CC1.O=S(Cl)Cl. The molecule has 0 aromatic heterocycles. The Morgan fingerprint density at radius 1 is 0.833 bits per heavy atom. The van der Waals surface area contributed by atoms with Crippen LogP contribution in [0.2, 0.25) is 0 Å². The van der Waals surface area contributed by atoms with Gasteiger partial charge in [-0.15, -0.1) is 11.6 Å². The second kappa shape index (κ2) is 16.2. The normalized spacial score (nSPS) is 30.0. The zero-order valence-corrected chi connectivity index (χ0v) is 18.3. The zero-order chi connectivity index (χ0) is 18.4. The molecule has 24 heavy (non-hydrogen) atoms. The van der Waals surface area contributed by atoms with Crippen molar-refractivity contribution in [2.45, 2.75) is 102 Å². The van der Waals surface area contributed by atoms with Gasteiger partial charge >= 0.3 is 0 Å². The first-order valence-electron chi connectivity index (χ1n) is 9.45. The summed E-state index contributed by atoms with van der Waals surface area (Å²) in [5, 5.41) is 9.69. The van der Waals surface area contributed by atoms with Crippen LogP contribution in [0, 0.1) is 11.8 Å². The van der Waals surface area contributed by atoms with Crippen LogP contribution in [0.5, 0.6) is 0 Å². The molecule has 0 heterocycles. The molecule has 2 rings (SSSR count). The van der Waals surface area contributed by atoms with Crippen molar-refractivity contribution in [1.29, 1.82) is 0 Å². The third-order valence-corrected chi connectivity index (χ3v) is 5.42. The first kappa shape index (κ1) is 25.0. The van der Waals surface area contributed by atoms with Crippen molar-refractivity contribution < 1.29 is 9.32 Å². The Labute approximate surface area is 165 Å². The van der Waals surface area contributed by atoms with E-state index in [1.54, 1.807) is 0 Å². The lowest BCUT2D eigenvalue weighted by Crippen LogP contribution is -2.17. The van der Waals surface area contributed by atoms with E-state index in [0.29, 0.717) is 5.38 Å². The van der Waals surface area contributed by atoms with Crippen LogP contribution in [0.15, 0.2) is 0 Å². The fourth-order valence-electron chi connectivity index (χ4n) is 3.66. The molecule has 0 saturated heterocycles. The monoisotopic (exact) mass is 420 g/mol. The maximum Gasteiger partial charge on any atom is 0.211 e. The predicted octanol–water partition coefficient (Wildman–Crippen LogP) is 6.96. The molecule has 0 atom stereocenters. The van der Waals surface area contributed by atoms with Crippen molar-refractivity contribution in [2.24, 2.45) is 11.8 Å². The summed E-state index contributed by atoms with van der Waals surface area (Å²) in [7, 11) is 7.36. The first-order chi connectivity index (χ1) is 11.4. The highest BCUT2D eigenvalue weighted by Crippen LogP contribution is 2.30. The molecule has 2 fully saturated rings. The molecular weight excluding hydrogens is 387 g/mol. The second-order valence-electron chi connectivity index (χ2n) is 7.05. The van der Waals surface area contributed by atoms with Crippen molar-refractivity contribution in [3.8, 4) is 0 Å². The van der Waals surface area contributed by atoms with E-state index in [9.17, 15) is 5.11 Å². The molecule has 0 amide bonds. The van der Waals surface area contributed by atoms with Gasteiger partial charge in [-0.2, -0.15) is 0 Å². The third-order valence-electron chi connectivity index (χ3n) is 4.99. The van der Waals surface area contributed by atoms with Crippen LogP contribution in [0.1, 0.15) is 90.9 Å². The van der Waals surface area contributed by atoms with E-state index in [1.807, 2.05) is 0 Å². The highest BCUT2D eigenvalue weighted by molar-refractivity contribution is 8.26. The van der Waals surface area contributed by atoms with Crippen LogP contribution < -0.4 is 0 Å². The van der Waals surface area contributed by atoms with E-state index in [-0.39, 0.29) is 6.10 Å². The van der Waals surface area contributed by atoms with Crippen LogP contribution in [0.25, 0.3) is 0 Å². The van der Waals surface area contributed by atoms with Crippen molar-refractivity contribution in [3.05, 3.63) is 0 Å². The lowest BCUT2D eigenvalue weighted by atomic mass is 9.85. The Morgan fingerprint density at radius 2 is 1.17 bits per heavy atom. The quantitative estimate of drug-likeness (QED) is 0.393. The number of hydrogen-bond donors (Lipinski definition) is 1. The molecule has 146 valence electrons. The van der Waals surface area contributed by atoms with Gasteiger partial charge in [-0.1, -0.05) is 39.5 Å². The molecule has 6 heteroatoms. The molecule has 0 aliphatic heterocycles. The van der Waals surface area contributed by atoms with E-state index >= 15 is 0 Å². The Morgan fingerprint density at radius 3 is 1.50 bits per heavy atom. The molecule has 0 spiro atoms. The van der Waals surface area contributed by atoms with Crippen LogP contribution in [0.3, 0.4) is 0 Å². The predicted molar refractivity (Wildman–Crippen MR) is 109 cm³/mol. The van der Waals surface area contributed by atoms with E-state index in [1.165, 1.54) is 64.2 Å². The maximum absolute atomic E-state index is 9.20. The van der Waals surface area contributed by atoms with Gasteiger partial charge in [0.05, 0.1) is 6.10 Å². The summed E-state index contributed by atoms with van der Waals surface area (Å²) in [6.45, 7) is 4.51. The zero-order valence-electron chi connectivity index (χ0n) is 15.2. The molecule has 0 radical (unpaired) electrons. The van der Waals surface area contributed by atoms with Crippen molar-refractivity contribution in [1.82, 2.24) is 0 Å². The summed E-state index contributed by atoms with van der Waals surface area (Å²) in [5.74, 6) is 1.92. The summed E-state index contributed by atoms with van der Waals surface area (Å²) in [4.78, 5) is 0. The van der Waals surface area contributed by atoms with Gasteiger partial charge in [-0.25, -0.2) is 4.21 Å². The van der Waals surface area contributed by atoms with Crippen LogP contribution in [-0.2, 0) is 9.23 Å². The van der Waals surface area contributed by atoms with Crippen LogP contribution in [-0.4, -0.2) is 20.8 Å². The van der Waals surface area contributed by atoms with Crippen LogP contribution >= 0.6 is 33.0 Å². The lowest BCUT2D eigenvalue weighted by Gasteiger charge is -2.24. The first-order valence-corrected chi connectivity index (χ1v) is 12.7. The van der Waals surface area contributed by atoms with Gasteiger partial charge in [0.25, 0.3) is 0 Å². The minimum absolute atomic E-state index is 0.0214. The van der Waals surface area contributed by atoms with Crippen LogP contribution in [0.4, 0.5) is 0 Å². The summed E-state index contributed by atoms with van der Waals surface area (Å²) >= 11 is 5.98. The van der Waals surface area contributed by atoms with Gasteiger partial charge in [0.15, 0.2) is 0 Å². The lowest BCUT2D eigenvalue weighted by molar-refractivity contribution is 0.106. The molecule has 0 unspecified atom stereocenters. The highest BCUT2D eigenvalue weighted by atomic mass is 36.0. The molecule has 2 nitrogen and oxygen atoms in total. The second-order valence-corrected chi connectivity index (χ2v) is 10.2. The third kappa shape index (κ3) is 15.3. The standard InChI is InChI=1S/C9H17Cl.C9H18O.Cl2OS/c2*1-2-3-8-4-6-9(10)7-5-8;1-4(2)3/h8-9H,2-7H2,1H3;8-10H,2-7H2,1H3;. The number of alkyl halides is 1. The summed E-state index contributed by atoms with van der Waals surface area (Å²) in [6, 6.07) is 0. The largest absolute Gasteiger partial charge is 0.393 e. The van der Waals surface area contributed by atoms with Crippen molar-refractivity contribution >= 4 is 42.2 Å². The summed E-state index contributed by atoms with van der Waals surface area (Å²) in [6.07, 6.45) is 15.3. The Bertz CT molecular complexity index is 275. The number of aliphatic hydroxyl groups excluding tert-OH is 1. The molecule has 2 aliphatic carbocycles. The van der Waals surface area contributed by atoms with E-state index in [2.05, 4.69) is 35.2 Å². The van der Waals surface area contributed by atoms with E-state index in [0.717, 1.165) is 24.7 Å². The number of rotatable bonds is 4. The minimum atomic E-state index is -1.67. The smallest absolute Gasteiger partial charge is 0.211 e. The van der Waals surface area contributed by atoms with Gasteiger partial charge < -0.3 is 5.11 Å². The highest BCUT2D eigenvalue weighted by Gasteiger charge is 2.18.